The zero-order chi connectivity index (χ0) is 14.2. The van der Waals surface area contributed by atoms with Gasteiger partial charge in [-0.05, 0) is 11.6 Å². The molecule has 0 aliphatic heterocycles. The Kier molecular flexibility index (Phi) is 4.03. The summed E-state index contributed by atoms with van der Waals surface area (Å²) in [5.41, 5.74) is 4.50. The number of hydrogen-bond donors (Lipinski definition) is 5. The van der Waals surface area contributed by atoms with Gasteiger partial charge in [0.2, 0.25) is 5.28 Å². The molecule has 1 aliphatic carbocycles. The van der Waals surface area contributed by atoms with Crippen LogP contribution in [0.2, 0.25) is 10.4 Å². The van der Waals surface area contributed by atoms with Crippen molar-refractivity contribution in [3.05, 3.63) is 10.4 Å². The van der Waals surface area contributed by atoms with Gasteiger partial charge in [0.1, 0.15) is 5.69 Å². The number of nitrogens with one attached hydrogen (secondary N) is 1. The van der Waals surface area contributed by atoms with Crippen LogP contribution < -0.4 is 11.1 Å². The highest BCUT2D eigenvalue weighted by Crippen LogP contribution is 2.34. The van der Waals surface area contributed by atoms with E-state index in [0.717, 1.165) is 0 Å². The van der Waals surface area contributed by atoms with Gasteiger partial charge in [0.05, 0.1) is 24.4 Å². The number of nitrogens with zero attached hydrogens (tertiary/aromatic N) is 2. The molecule has 19 heavy (non-hydrogen) atoms. The highest BCUT2D eigenvalue weighted by Gasteiger charge is 2.43. The number of aliphatic hydroxyl groups excluding tert-OH is 2. The molecule has 3 atom stereocenters. The molecular formula is C10H14Cl2N4O3. The van der Waals surface area contributed by atoms with E-state index in [1.54, 1.807) is 0 Å². The van der Waals surface area contributed by atoms with Crippen molar-refractivity contribution in [3.8, 4) is 0 Å². The Morgan fingerprint density at radius 3 is 2.63 bits per heavy atom. The van der Waals surface area contributed by atoms with Gasteiger partial charge in [0.25, 0.3) is 0 Å². The Balaban J connectivity index is 2.18. The van der Waals surface area contributed by atoms with Crippen molar-refractivity contribution in [2.24, 2.45) is 0 Å². The number of hydrogen-bond acceptors (Lipinski definition) is 7. The van der Waals surface area contributed by atoms with Crippen LogP contribution in [0.3, 0.4) is 0 Å². The highest BCUT2D eigenvalue weighted by molar-refractivity contribution is 6.34. The molecule has 1 aliphatic rings. The van der Waals surface area contributed by atoms with E-state index in [2.05, 4.69) is 15.3 Å². The van der Waals surface area contributed by atoms with Gasteiger partial charge < -0.3 is 26.4 Å². The van der Waals surface area contributed by atoms with Crippen LogP contribution in [0.5, 0.6) is 0 Å². The molecular weight excluding hydrogens is 295 g/mol. The van der Waals surface area contributed by atoms with E-state index in [9.17, 15) is 10.2 Å². The third-order valence-electron chi connectivity index (χ3n) is 3.14. The van der Waals surface area contributed by atoms with E-state index in [1.165, 1.54) is 0 Å². The van der Waals surface area contributed by atoms with Crippen molar-refractivity contribution in [2.75, 3.05) is 17.7 Å². The zero-order valence-electron chi connectivity index (χ0n) is 9.85. The number of rotatable bonds is 3. The monoisotopic (exact) mass is 308 g/mol. The molecule has 2 rings (SSSR count). The minimum Gasteiger partial charge on any atom is -0.393 e. The first-order valence-corrected chi connectivity index (χ1v) is 6.36. The van der Waals surface area contributed by atoms with Crippen LogP contribution in [0.15, 0.2) is 0 Å². The van der Waals surface area contributed by atoms with E-state index in [1.807, 2.05) is 0 Å². The third kappa shape index (κ3) is 3.01. The summed E-state index contributed by atoms with van der Waals surface area (Å²) in [5.74, 6) is 0.191. The summed E-state index contributed by atoms with van der Waals surface area (Å²) < 4.78 is 0. The molecule has 0 spiro atoms. The molecule has 7 nitrogen and oxygen atoms in total. The molecule has 9 heteroatoms. The average molecular weight is 309 g/mol. The van der Waals surface area contributed by atoms with Crippen molar-refractivity contribution in [1.29, 1.82) is 0 Å². The van der Waals surface area contributed by atoms with Gasteiger partial charge in [-0.25, -0.2) is 4.98 Å². The van der Waals surface area contributed by atoms with Crippen LogP contribution >= 0.6 is 23.2 Å². The first-order chi connectivity index (χ1) is 8.84. The smallest absolute Gasteiger partial charge is 0.225 e. The van der Waals surface area contributed by atoms with Crippen molar-refractivity contribution in [3.63, 3.8) is 0 Å². The lowest BCUT2D eigenvalue weighted by Crippen LogP contribution is -2.32. The zero-order valence-corrected chi connectivity index (χ0v) is 11.4. The Bertz CT molecular complexity index is 490. The SMILES string of the molecule is Nc1c(Cl)nc(Cl)nc1N[C@@H]1C[C@](O)(CO)CC1O. The Hall–Kier alpha value is -0.860. The fourth-order valence-corrected chi connectivity index (χ4v) is 2.52. The Morgan fingerprint density at radius 2 is 2.05 bits per heavy atom. The molecule has 106 valence electrons. The minimum atomic E-state index is -1.31. The molecule has 0 radical (unpaired) electrons. The maximum atomic E-state index is 9.93. The molecule has 1 heterocycles. The molecule has 6 N–H and O–H groups in total. The van der Waals surface area contributed by atoms with Gasteiger partial charge in [-0.3, -0.25) is 0 Å². The van der Waals surface area contributed by atoms with Crippen LogP contribution in [-0.2, 0) is 0 Å². The number of halogens is 2. The highest BCUT2D eigenvalue weighted by atomic mass is 35.5. The van der Waals surface area contributed by atoms with Crippen LogP contribution in [0.25, 0.3) is 0 Å². The second kappa shape index (κ2) is 5.26. The summed E-state index contributed by atoms with van der Waals surface area (Å²) >= 11 is 11.4. The Labute approximate surface area is 119 Å². The third-order valence-corrected chi connectivity index (χ3v) is 3.60. The summed E-state index contributed by atoms with van der Waals surface area (Å²) in [6.07, 6.45) is -0.624. The maximum absolute atomic E-state index is 9.93. The molecule has 1 aromatic heterocycles. The van der Waals surface area contributed by atoms with E-state index in [-0.39, 0.29) is 34.8 Å². The van der Waals surface area contributed by atoms with Gasteiger partial charge in [-0.15, -0.1) is 0 Å². The minimum absolute atomic E-state index is 0.00686. The van der Waals surface area contributed by atoms with E-state index in [0.29, 0.717) is 0 Å². The molecule has 0 saturated heterocycles. The lowest BCUT2D eigenvalue weighted by atomic mass is 10.0. The van der Waals surface area contributed by atoms with Gasteiger partial charge in [0.15, 0.2) is 11.0 Å². The fraction of sp³-hybridized carbons (Fsp3) is 0.600. The van der Waals surface area contributed by atoms with Crippen LogP contribution in [-0.4, -0.2) is 49.6 Å². The summed E-state index contributed by atoms with van der Waals surface area (Å²) in [6.45, 7) is -0.428. The summed E-state index contributed by atoms with van der Waals surface area (Å²) in [7, 11) is 0. The predicted molar refractivity (Wildman–Crippen MR) is 71.2 cm³/mol. The number of nitrogens with two attached hydrogens (primary N) is 1. The topological polar surface area (TPSA) is 125 Å². The number of aromatic nitrogens is 2. The second-order valence-corrected chi connectivity index (χ2v) is 5.35. The lowest BCUT2D eigenvalue weighted by molar-refractivity contribution is -0.0175. The van der Waals surface area contributed by atoms with Crippen molar-refractivity contribution >= 4 is 34.7 Å². The van der Waals surface area contributed by atoms with Crippen molar-refractivity contribution in [1.82, 2.24) is 9.97 Å². The maximum Gasteiger partial charge on any atom is 0.225 e. The summed E-state index contributed by atoms with van der Waals surface area (Å²) in [5, 5.41) is 31.7. The standard InChI is InChI=1S/C10H14Cl2N4O3/c11-7-6(13)8(16-9(12)15-7)14-4-1-10(19,3-17)2-5(4)18/h4-5,17-19H,1-3,13H2,(H,14,15,16)/t4-,5?,10-/m1/s1. The Morgan fingerprint density at radius 1 is 1.37 bits per heavy atom. The first kappa shape index (κ1) is 14.5. The van der Waals surface area contributed by atoms with E-state index in [4.69, 9.17) is 34.0 Å². The van der Waals surface area contributed by atoms with Gasteiger partial charge in [0, 0.05) is 12.8 Å². The number of anilines is 2. The van der Waals surface area contributed by atoms with Gasteiger partial charge >= 0.3 is 0 Å². The van der Waals surface area contributed by atoms with E-state index >= 15 is 0 Å². The first-order valence-electron chi connectivity index (χ1n) is 5.61. The molecule has 0 bridgehead atoms. The van der Waals surface area contributed by atoms with Crippen LogP contribution in [0.1, 0.15) is 12.8 Å². The van der Waals surface area contributed by atoms with Crippen LogP contribution in [0.4, 0.5) is 11.5 Å². The molecule has 0 aromatic carbocycles. The number of aliphatic hydroxyl groups is 3. The van der Waals surface area contributed by atoms with Gasteiger partial charge in [-0.1, -0.05) is 11.6 Å². The summed E-state index contributed by atoms with van der Waals surface area (Å²) in [4.78, 5) is 7.56. The van der Waals surface area contributed by atoms with Crippen LogP contribution in [0, 0.1) is 0 Å². The normalized spacial score (nSPS) is 30.6. The van der Waals surface area contributed by atoms with Gasteiger partial charge in [-0.2, -0.15) is 4.98 Å². The molecule has 0 amide bonds. The molecule has 1 fully saturated rings. The quantitative estimate of drug-likeness (QED) is 0.394. The predicted octanol–water partition coefficient (Wildman–Crippen LogP) is 0.0242. The summed E-state index contributed by atoms with van der Waals surface area (Å²) in [6, 6.07) is -0.513. The van der Waals surface area contributed by atoms with Crippen molar-refractivity contribution in [2.45, 2.75) is 30.6 Å². The fourth-order valence-electron chi connectivity index (χ4n) is 2.14. The average Bonchev–Trinajstić information content (AvgIpc) is 2.62. The largest absolute Gasteiger partial charge is 0.393 e. The molecule has 1 saturated carbocycles. The van der Waals surface area contributed by atoms with Crippen molar-refractivity contribution < 1.29 is 15.3 Å². The molecule has 1 aromatic rings. The van der Waals surface area contributed by atoms with E-state index < -0.39 is 24.4 Å². The second-order valence-electron chi connectivity index (χ2n) is 4.65. The molecule has 1 unspecified atom stereocenters. The lowest BCUT2D eigenvalue weighted by Gasteiger charge is -2.20. The number of nitrogen functional groups attached to an aromatic ring is 1.